The van der Waals surface area contributed by atoms with Gasteiger partial charge in [0, 0.05) is 39.9 Å². The highest BCUT2D eigenvalue weighted by Gasteiger charge is 2.18. The number of halogens is 3. The largest absolute Gasteiger partial charge is 0.295 e. The average Bonchev–Trinajstić information content (AvgIpc) is 2.82. The van der Waals surface area contributed by atoms with Gasteiger partial charge in [0.15, 0.2) is 11.6 Å². The Morgan fingerprint density at radius 3 is 2.20 bits per heavy atom. The first-order chi connectivity index (χ1) is 16.6. The summed E-state index contributed by atoms with van der Waals surface area (Å²) in [5.41, 5.74) is 2.48. The van der Waals surface area contributed by atoms with Crippen molar-refractivity contribution in [3.8, 4) is 22.4 Å². The van der Waals surface area contributed by atoms with Crippen molar-refractivity contribution >= 4 is 11.6 Å². The Balaban J connectivity index is 1.69. The van der Waals surface area contributed by atoms with Gasteiger partial charge in [0.05, 0.1) is 5.69 Å². The molecule has 4 rings (SSSR count). The van der Waals surface area contributed by atoms with E-state index in [4.69, 9.17) is 0 Å². The van der Waals surface area contributed by atoms with Gasteiger partial charge >= 0.3 is 0 Å². The zero-order valence-electron chi connectivity index (χ0n) is 19.5. The van der Waals surface area contributed by atoms with Gasteiger partial charge in [-0.15, -0.1) is 0 Å². The molecule has 0 fully saturated rings. The van der Waals surface area contributed by atoms with E-state index in [1.807, 2.05) is 0 Å². The van der Waals surface area contributed by atoms with Crippen LogP contribution in [0.5, 0.6) is 0 Å². The van der Waals surface area contributed by atoms with Crippen LogP contribution in [0.25, 0.3) is 22.4 Å². The Labute approximate surface area is 201 Å². The molecule has 0 radical (unpaired) electrons. The highest BCUT2D eigenvalue weighted by Crippen LogP contribution is 2.30. The van der Waals surface area contributed by atoms with Crippen molar-refractivity contribution < 1.29 is 22.8 Å². The van der Waals surface area contributed by atoms with Gasteiger partial charge in [-0.25, -0.2) is 13.2 Å². The number of carbonyl (C=O) groups excluding carboxylic acids is 2. The molecule has 0 bridgehead atoms. The van der Waals surface area contributed by atoms with Gasteiger partial charge in [0.25, 0.3) is 0 Å². The van der Waals surface area contributed by atoms with Crippen molar-refractivity contribution in [3.63, 3.8) is 0 Å². The summed E-state index contributed by atoms with van der Waals surface area (Å²) in [5.74, 6) is -2.21. The second-order valence-corrected chi connectivity index (χ2v) is 8.49. The lowest BCUT2D eigenvalue weighted by Gasteiger charge is -2.11. The quantitative estimate of drug-likeness (QED) is 0.281. The SMILES string of the molecule is CC(=O)c1cc(C)nc(-c2cc(CC(=O)c3cc(C)c(F)c(-c4ccccc4F)c3)ccc2F)c1. The Hall–Kier alpha value is -4.06. The van der Waals surface area contributed by atoms with Crippen molar-refractivity contribution in [3.05, 3.63) is 112 Å². The summed E-state index contributed by atoms with van der Waals surface area (Å²) >= 11 is 0. The van der Waals surface area contributed by atoms with Gasteiger partial charge in [0.1, 0.15) is 17.5 Å². The van der Waals surface area contributed by atoms with Crippen LogP contribution in [0.2, 0.25) is 0 Å². The molecule has 1 heterocycles. The fourth-order valence-electron chi connectivity index (χ4n) is 3.98. The predicted octanol–water partition coefficient (Wildman–Crippen LogP) is 7.08. The minimum absolute atomic E-state index is 0.00645. The van der Waals surface area contributed by atoms with Crippen LogP contribution in [0.15, 0.2) is 66.7 Å². The summed E-state index contributed by atoms with van der Waals surface area (Å²) in [5, 5.41) is 0. The van der Waals surface area contributed by atoms with E-state index < -0.39 is 17.5 Å². The van der Waals surface area contributed by atoms with Crippen molar-refractivity contribution in [2.24, 2.45) is 0 Å². The number of benzene rings is 3. The average molecular weight is 473 g/mol. The number of nitrogens with zero attached hydrogens (tertiary/aromatic N) is 1. The molecule has 0 spiro atoms. The zero-order valence-corrected chi connectivity index (χ0v) is 19.5. The standard InChI is InChI=1S/C29H22F3NO2/c1-16-10-21(14-23(29(16)32)22-6-4-5-7-25(22)30)28(35)13-19-8-9-26(31)24(12-19)27-15-20(18(3)34)11-17(2)33-27/h4-12,14-15H,13H2,1-3H3. The number of aryl methyl sites for hydroxylation is 2. The predicted molar refractivity (Wildman–Crippen MR) is 129 cm³/mol. The fraction of sp³-hybridized carbons (Fsp3) is 0.138. The second-order valence-electron chi connectivity index (χ2n) is 8.49. The van der Waals surface area contributed by atoms with Gasteiger partial charge in [0.2, 0.25) is 0 Å². The topological polar surface area (TPSA) is 47.0 Å². The smallest absolute Gasteiger partial charge is 0.167 e. The number of ketones is 2. The van der Waals surface area contributed by atoms with Crippen LogP contribution in [0.1, 0.15) is 44.5 Å². The molecule has 0 N–H and O–H groups in total. The van der Waals surface area contributed by atoms with Crippen molar-refractivity contribution in [2.75, 3.05) is 0 Å². The van der Waals surface area contributed by atoms with Gasteiger partial charge < -0.3 is 0 Å². The molecule has 6 heteroatoms. The first-order valence-electron chi connectivity index (χ1n) is 11.0. The van der Waals surface area contributed by atoms with Gasteiger partial charge in [-0.05, 0) is 74.4 Å². The summed E-state index contributed by atoms with van der Waals surface area (Å²) in [4.78, 5) is 29.3. The molecule has 3 aromatic carbocycles. The number of carbonyl (C=O) groups is 2. The number of hydrogen-bond donors (Lipinski definition) is 0. The third-order valence-electron chi connectivity index (χ3n) is 5.77. The highest BCUT2D eigenvalue weighted by atomic mass is 19.1. The van der Waals surface area contributed by atoms with Gasteiger partial charge in [-0.1, -0.05) is 24.3 Å². The number of hydrogen-bond acceptors (Lipinski definition) is 3. The second kappa shape index (κ2) is 9.66. The van der Waals surface area contributed by atoms with Crippen LogP contribution in [-0.4, -0.2) is 16.6 Å². The molecule has 0 saturated carbocycles. The zero-order chi connectivity index (χ0) is 25.3. The molecule has 1 aromatic heterocycles. The first-order valence-corrected chi connectivity index (χ1v) is 11.0. The molecule has 3 nitrogen and oxygen atoms in total. The minimum atomic E-state index is -0.595. The van der Waals surface area contributed by atoms with Gasteiger partial charge in [-0.3, -0.25) is 14.6 Å². The van der Waals surface area contributed by atoms with E-state index in [1.54, 1.807) is 19.1 Å². The molecule has 0 saturated heterocycles. The molecule has 0 aliphatic rings. The van der Waals surface area contributed by atoms with E-state index in [0.717, 1.165) is 0 Å². The maximum absolute atomic E-state index is 14.8. The van der Waals surface area contributed by atoms with E-state index in [0.29, 0.717) is 22.5 Å². The summed E-state index contributed by atoms with van der Waals surface area (Å²) in [6, 6.07) is 16.0. The van der Waals surface area contributed by atoms with E-state index in [2.05, 4.69) is 4.98 Å². The lowest BCUT2D eigenvalue weighted by molar-refractivity contribution is 0.0990. The third-order valence-corrected chi connectivity index (χ3v) is 5.77. The van der Waals surface area contributed by atoms with E-state index in [-0.39, 0.29) is 45.8 Å². The lowest BCUT2D eigenvalue weighted by Crippen LogP contribution is -2.06. The van der Waals surface area contributed by atoms with Crippen LogP contribution in [0, 0.1) is 31.3 Å². The Kier molecular flexibility index (Phi) is 6.65. The monoisotopic (exact) mass is 473 g/mol. The molecule has 0 unspecified atom stereocenters. The van der Waals surface area contributed by atoms with Crippen molar-refractivity contribution in [2.45, 2.75) is 27.2 Å². The van der Waals surface area contributed by atoms with Crippen molar-refractivity contribution in [1.29, 1.82) is 0 Å². The molecular weight excluding hydrogens is 451 g/mol. The Bertz CT molecular complexity index is 1480. The summed E-state index contributed by atoms with van der Waals surface area (Å²) in [6.45, 7) is 4.65. The molecule has 0 aliphatic heterocycles. The summed E-state index contributed by atoms with van der Waals surface area (Å²) in [7, 11) is 0. The number of pyridine rings is 1. The molecule has 0 aliphatic carbocycles. The van der Waals surface area contributed by atoms with E-state index in [1.165, 1.54) is 68.4 Å². The minimum Gasteiger partial charge on any atom is -0.295 e. The van der Waals surface area contributed by atoms with Crippen LogP contribution in [0.4, 0.5) is 13.2 Å². The Morgan fingerprint density at radius 1 is 0.771 bits per heavy atom. The first kappa shape index (κ1) is 24.1. The Morgan fingerprint density at radius 2 is 1.49 bits per heavy atom. The normalized spacial score (nSPS) is 10.9. The molecule has 0 amide bonds. The van der Waals surface area contributed by atoms with Crippen LogP contribution >= 0.6 is 0 Å². The summed E-state index contributed by atoms with van der Waals surface area (Å²) < 4.78 is 43.8. The third kappa shape index (κ3) is 5.06. The highest BCUT2D eigenvalue weighted by molar-refractivity contribution is 5.99. The van der Waals surface area contributed by atoms with Gasteiger partial charge in [-0.2, -0.15) is 0 Å². The van der Waals surface area contributed by atoms with Crippen LogP contribution in [0.3, 0.4) is 0 Å². The lowest BCUT2D eigenvalue weighted by atomic mass is 9.94. The maximum atomic E-state index is 14.8. The molecule has 176 valence electrons. The molecule has 4 aromatic rings. The summed E-state index contributed by atoms with van der Waals surface area (Å²) in [6.07, 6.45) is -0.0829. The number of aromatic nitrogens is 1. The van der Waals surface area contributed by atoms with E-state index >= 15 is 0 Å². The van der Waals surface area contributed by atoms with E-state index in [9.17, 15) is 22.8 Å². The van der Waals surface area contributed by atoms with Crippen LogP contribution in [-0.2, 0) is 6.42 Å². The molecule has 0 atom stereocenters. The fourth-order valence-corrected chi connectivity index (χ4v) is 3.98. The van der Waals surface area contributed by atoms with Crippen LogP contribution < -0.4 is 0 Å². The number of Topliss-reactive ketones (excluding diaryl/α,β-unsaturated/α-hetero) is 2. The maximum Gasteiger partial charge on any atom is 0.167 e. The number of rotatable bonds is 6. The molecular formula is C29H22F3NO2. The van der Waals surface area contributed by atoms with Crippen molar-refractivity contribution in [1.82, 2.24) is 4.98 Å². The molecule has 35 heavy (non-hydrogen) atoms.